The van der Waals surface area contributed by atoms with Crippen molar-refractivity contribution in [3.05, 3.63) is 77.4 Å². The van der Waals surface area contributed by atoms with E-state index in [1.165, 1.54) is 12.1 Å². The molecule has 0 aliphatic heterocycles. The average molecular weight is 320 g/mol. The van der Waals surface area contributed by atoms with Crippen molar-refractivity contribution in [1.29, 1.82) is 5.26 Å². The van der Waals surface area contributed by atoms with E-state index in [0.717, 1.165) is 5.69 Å². The largest absolute Gasteiger partial charge is 0.321 e. The molecule has 1 N–H and O–H groups in total. The summed E-state index contributed by atoms with van der Waals surface area (Å²) in [6.45, 7) is 1.81. The molecule has 1 aromatic heterocycles. The van der Waals surface area contributed by atoms with Crippen molar-refractivity contribution in [2.24, 2.45) is 0 Å². The first-order valence-corrected chi connectivity index (χ1v) is 7.21. The molecule has 0 bridgehead atoms. The fourth-order valence-corrected chi connectivity index (χ4v) is 2.25. The molecule has 6 heteroatoms. The molecule has 2 aromatic carbocycles. The van der Waals surface area contributed by atoms with Gasteiger partial charge in [-0.25, -0.2) is 9.07 Å². The number of aromatic nitrogens is 2. The predicted octanol–water partition coefficient (Wildman–Crippen LogP) is 3.44. The van der Waals surface area contributed by atoms with Crippen molar-refractivity contribution in [3.8, 4) is 11.8 Å². The predicted molar refractivity (Wildman–Crippen MR) is 87.4 cm³/mol. The summed E-state index contributed by atoms with van der Waals surface area (Å²) in [5, 5.41) is 15.8. The van der Waals surface area contributed by atoms with Gasteiger partial charge in [-0.2, -0.15) is 10.4 Å². The first kappa shape index (κ1) is 15.4. The first-order chi connectivity index (χ1) is 11.6. The smallest absolute Gasteiger partial charge is 0.276 e. The average Bonchev–Trinajstić information content (AvgIpc) is 2.98. The van der Waals surface area contributed by atoms with Crippen LogP contribution in [0.3, 0.4) is 0 Å². The van der Waals surface area contributed by atoms with Crippen molar-refractivity contribution < 1.29 is 9.18 Å². The number of benzene rings is 2. The zero-order valence-corrected chi connectivity index (χ0v) is 12.8. The minimum atomic E-state index is -0.358. The second-order valence-corrected chi connectivity index (χ2v) is 5.20. The summed E-state index contributed by atoms with van der Waals surface area (Å²) in [7, 11) is 0. The molecule has 3 rings (SSSR count). The standard InChI is InChI=1S/C18H13FN4O/c1-12-10-17(22-23(12)16-8-4-14(19)5-9-16)18(24)21-15-6-2-13(11-20)3-7-15/h2-10H,1H3,(H,21,24). The Morgan fingerprint density at radius 2 is 1.83 bits per heavy atom. The zero-order valence-electron chi connectivity index (χ0n) is 12.8. The monoisotopic (exact) mass is 320 g/mol. The molecule has 0 saturated carbocycles. The fraction of sp³-hybridized carbons (Fsp3) is 0.0556. The normalized spacial score (nSPS) is 10.2. The van der Waals surface area contributed by atoms with Gasteiger partial charge in [0.05, 0.1) is 17.3 Å². The molecule has 118 valence electrons. The Morgan fingerprint density at radius 1 is 1.17 bits per heavy atom. The molecule has 1 amide bonds. The van der Waals surface area contributed by atoms with Crippen LogP contribution in [-0.4, -0.2) is 15.7 Å². The molecule has 5 nitrogen and oxygen atoms in total. The molecule has 1 heterocycles. The number of hydrogen-bond acceptors (Lipinski definition) is 3. The van der Waals surface area contributed by atoms with Crippen LogP contribution in [0, 0.1) is 24.1 Å². The number of rotatable bonds is 3. The molecular formula is C18H13FN4O. The lowest BCUT2D eigenvalue weighted by atomic mass is 10.2. The van der Waals surface area contributed by atoms with Gasteiger partial charge in [0.15, 0.2) is 5.69 Å². The Balaban J connectivity index is 1.82. The van der Waals surface area contributed by atoms with Gasteiger partial charge in [0.25, 0.3) is 5.91 Å². The van der Waals surface area contributed by atoms with Gasteiger partial charge in [-0.1, -0.05) is 0 Å². The Bertz CT molecular complexity index is 921. The number of carbonyl (C=O) groups excluding carboxylic acids is 1. The van der Waals surface area contributed by atoms with E-state index in [1.807, 2.05) is 13.0 Å². The molecule has 0 unspecified atom stereocenters. The molecule has 0 atom stereocenters. The topological polar surface area (TPSA) is 70.7 Å². The zero-order chi connectivity index (χ0) is 17.1. The number of nitriles is 1. The molecule has 0 aliphatic rings. The summed E-state index contributed by atoms with van der Waals surface area (Å²) in [6.07, 6.45) is 0. The highest BCUT2D eigenvalue weighted by atomic mass is 19.1. The van der Waals surface area contributed by atoms with Crippen LogP contribution in [0.4, 0.5) is 10.1 Å². The van der Waals surface area contributed by atoms with E-state index in [2.05, 4.69) is 10.4 Å². The molecule has 0 radical (unpaired) electrons. The van der Waals surface area contributed by atoms with Crippen LogP contribution in [0.15, 0.2) is 54.6 Å². The van der Waals surface area contributed by atoms with Gasteiger partial charge in [-0.3, -0.25) is 4.79 Å². The Labute approximate surface area is 138 Å². The van der Waals surface area contributed by atoms with E-state index >= 15 is 0 Å². The first-order valence-electron chi connectivity index (χ1n) is 7.21. The minimum Gasteiger partial charge on any atom is -0.321 e. The fourth-order valence-electron chi connectivity index (χ4n) is 2.25. The van der Waals surface area contributed by atoms with Crippen molar-refractivity contribution in [3.63, 3.8) is 0 Å². The number of aryl methyl sites for hydroxylation is 1. The van der Waals surface area contributed by atoms with Gasteiger partial charge < -0.3 is 5.32 Å². The highest BCUT2D eigenvalue weighted by Gasteiger charge is 2.13. The number of nitrogens with zero attached hydrogens (tertiary/aromatic N) is 3. The maximum absolute atomic E-state index is 13.0. The number of carbonyl (C=O) groups is 1. The SMILES string of the molecule is Cc1cc(C(=O)Nc2ccc(C#N)cc2)nn1-c1ccc(F)cc1. The Morgan fingerprint density at radius 3 is 2.46 bits per heavy atom. The number of amides is 1. The Kier molecular flexibility index (Phi) is 4.08. The van der Waals surface area contributed by atoms with Crippen LogP contribution in [0.2, 0.25) is 0 Å². The van der Waals surface area contributed by atoms with Crippen molar-refractivity contribution >= 4 is 11.6 Å². The molecule has 0 aliphatic carbocycles. The highest BCUT2D eigenvalue weighted by Crippen LogP contribution is 2.15. The summed E-state index contributed by atoms with van der Waals surface area (Å²) in [5.74, 6) is -0.689. The second kappa shape index (κ2) is 6.34. The van der Waals surface area contributed by atoms with Crippen LogP contribution in [0.1, 0.15) is 21.7 Å². The number of halogens is 1. The van der Waals surface area contributed by atoms with E-state index in [9.17, 15) is 9.18 Å². The maximum atomic E-state index is 13.0. The van der Waals surface area contributed by atoms with Crippen LogP contribution in [0.5, 0.6) is 0 Å². The molecule has 3 aromatic rings. The van der Waals surface area contributed by atoms with E-state index in [4.69, 9.17) is 5.26 Å². The lowest BCUT2D eigenvalue weighted by molar-refractivity contribution is 0.102. The van der Waals surface area contributed by atoms with Gasteiger partial charge in [0, 0.05) is 11.4 Å². The van der Waals surface area contributed by atoms with Crippen molar-refractivity contribution in [2.45, 2.75) is 6.92 Å². The van der Waals surface area contributed by atoms with Crippen LogP contribution in [0.25, 0.3) is 5.69 Å². The van der Waals surface area contributed by atoms with E-state index < -0.39 is 0 Å². The summed E-state index contributed by atoms with van der Waals surface area (Å²) in [6, 6.07) is 16.1. The number of hydrogen-bond donors (Lipinski definition) is 1. The quantitative estimate of drug-likeness (QED) is 0.803. The van der Waals surface area contributed by atoms with E-state index in [-0.39, 0.29) is 17.4 Å². The van der Waals surface area contributed by atoms with Crippen LogP contribution in [-0.2, 0) is 0 Å². The van der Waals surface area contributed by atoms with E-state index in [0.29, 0.717) is 16.9 Å². The molecule has 0 spiro atoms. The summed E-state index contributed by atoms with van der Waals surface area (Å²) >= 11 is 0. The van der Waals surface area contributed by atoms with Gasteiger partial charge in [-0.15, -0.1) is 0 Å². The molecule has 24 heavy (non-hydrogen) atoms. The lowest BCUT2D eigenvalue weighted by Gasteiger charge is -2.04. The van der Waals surface area contributed by atoms with E-state index in [1.54, 1.807) is 47.1 Å². The van der Waals surface area contributed by atoms with Gasteiger partial charge in [0.2, 0.25) is 0 Å². The number of nitrogens with one attached hydrogen (secondary N) is 1. The lowest BCUT2D eigenvalue weighted by Crippen LogP contribution is -2.13. The third-order valence-corrected chi connectivity index (χ3v) is 3.46. The van der Waals surface area contributed by atoms with Crippen LogP contribution >= 0.6 is 0 Å². The third kappa shape index (κ3) is 3.15. The summed E-state index contributed by atoms with van der Waals surface area (Å²) in [4.78, 5) is 12.3. The van der Waals surface area contributed by atoms with Crippen molar-refractivity contribution in [1.82, 2.24) is 9.78 Å². The van der Waals surface area contributed by atoms with Gasteiger partial charge in [-0.05, 0) is 61.5 Å². The Hall–Kier alpha value is -3.46. The molecular weight excluding hydrogens is 307 g/mol. The summed E-state index contributed by atoms with van der Waals surface area (Å²) in [5.41, 5.74) is 2.77. The van der Waals surface area contributed by atoms with Crippen molar-refractivity contribution in [2.75, 3.05) is 5.32 Å². The summed E-state index contributed by atoms with van der Waals surface area (Å²) < 4.78 is 14.6. The number of anilines is 1. The highest BCUT2D eigenvalue weighted by molar-refractivity contribution is 6.03. The molecule has 0 fully saturated rings. The maximum Gasteiger partial charge on any atom is 0.276 e. The van der Waals surface area contributed by atoms with Crippen LogP contribution < -0.4 is 5.32 Å². The molecule has 0 saturated heterocycles. The third-order valence-electron chi connectivity index (χ3n) is 3.46. The van der Waals surface area contributed by atoms with Gasteiger partial charge in [0.1, 0.15) is 5.82 Å². The minimum absolute atomic E-state index is 0.251. The van der Waals surface area contributed by atoms with Gasteiger partial charge >= 0.3 is 0 Å². The second-order valence-electron chi connectivity index (χ2n) is 5.20.